The SMILES string of the molecule is Cc1cccc2c1c(Cc1c(-c3ccc4ccccc4c3C(=O)O)nc3ccccn13)cn2CCCF. The average Bonchev–Trinajstić information content (AvgIpc) is 3.46. The van der Waals surface area contributed by atoms with Gasteiger partial charge in [0, 0.05) is 41.8 Å². The zero-order valence-electron chi connectivity index (χ0n) is 20.5. The highest BCUT2D eigenvalue weighted by atomic mass is 19.1. The molecule has 0 amide bonds. The molecule has 0 saturated heterocycles. The molecule has 0 aliphatic carbocycles. The van der Waals surface area contributed by atoms with Gasteiger partial charge in [-0.15, -0.1) is 0 Å². The first-order valence-electron chi connectivity index (χ1n) is 12.4. The molecule has 0 saturated carbocycles. The smallest absolute Gasteiger partial charge is 0.337 e. The Kier molecular flexibility index (Phi) is 5.72. The zero-order valence-corrected chi connectivity index (χ0v) is 20.5. The van der Waals surface area contributed by atoms with Crippen molar-refractivity contribution in [1.82, 2.24) is 14.0 Å². The average molecular weight is 492 g/mol. The number of carboxylic acid groups (broad SMARTS) is 1. The fourth-order valence-corrected chi connectivity index (χ4v) is 5.49. The van der Waals surface area contributed by atoms with Crippen LogP contribution in [0.2, 0.25) is 0 Å². The number of pyridine rings is 1. The Hall–Kier alpha value is -4.45. The summed E-state index contributed by atoms with van der Waals surface area (Å²) in [5.41, 5.74) is 6.53. The molecule has 0 radical (unpaired) electrons. The molecule has 0 unspecified atom stereocenters. The maximum atomic E-state index is 13.0. The molecular formula is C31H26FN3O2. The molecule has 6 aromatic rings. The van der Waals surface area contributed by atoms with Gasteiger partial charge in [0.05, 0.1) is 23.6 Å². The Morgan fingerprint density at radius 2 is 1.84 bits per heavy atom. The molecule has 6 rings (SSSR count). The van der Waals surface area contributed by atoms with Gasteiger partial charge >= 0.3 is 5.97 Å². The summed E-state index contributed by atoms with van der Waals surface area (Å²) in [7, 11) is 0. The molecule has 3 heterocycles. The number of carboxylic acids is 1. The highest BCUT2D eigenvalue weighted by molar-refractivity contribution is 6.09. The number of fused-ring (bicyclic) bond motifs is 3. The van der Waals surface area contributed by atoms with E-state index < -0.39 is 5.97 Å². The van der Waals surface area contributed by atoms with Gasteiger partial charge in [-0.05, 0) is 53.4 Å². The number of aryl methyl sites for hydroxylation is 2. The fourth-order valence-electron chi connectivity index (χ4n) is 5.49. The monoisotopic (exact) mass is 491 g/mol. The number of benzene rings is 3. The fraction of sp³-hybridized carbons (Fsp3) is 0.161. The van der Waals surface area contributed by atoms with Gasteiger partial charge in [0.1, 0.15) is 5.65 Å². The second kappa shape index (κ2) is 9.21. The number of rotatable bonds is 7. The van der Waals surface area contributed by atoms with Crippen molar-refractivity contribution < 1.29 is 14.3 Å². The summed E-state index contributed by atoms with van der Waals surface area (Å²) >= 11 is 0. The first kappa shape index (κ1) is 23.0. The number of hydrogen-bond donors (Lipinski definition) is 1. The molecule has 0 aliphatic rings. The van der Waals surface area contributed by atoms with Crippen molar-refractivity contribution in [1.29, 1.82) is 0 Å². The van der Waals surface area contributed by atoms with E-state index in [4.69, 9.17) is 4.98 Å². The molecule has 0 bridgehead atoms. The Morgan fingerprint density at radius 1 is 1.00 bits per heavy atom. The number of aromatic nitrogens is 3. The zero-order chi connectivity index (χ0) is 25.5. The highest BCUT2D eigenvalue weighted by Crippen LogP contribution is 2.35. The number of hydrogen-bond acceptors (Lipinski definition) is 2. The highest BCUT2D eigenvalue weighted by Gasteiger charge is 2.23. The van der Waals surface area contributed by atoms with E-state index in [0.29, 0.717) is 36.0 Å². The molecule has 0 spiro atoms. The van der Waals surface area contributed by atoms with Gasteiger partial charge in [0.15, 0.2) is 0 Å². The number of halogens is 1. The van der Waals surface area contributed by atoms with E-state index in [1.54, 1.807) is 0 Å². The molecule has 3 aromatic heterocycles. The minimum atomic E-state index is -0.978. The molecule has 5 nitrogen and oxygen atoms in total. The minimum Gasteiger partial charge on any atom is -0.478 e. The standard InChI is InChI=1S/C31H26FN3O2/c1-20-8-6-11-25-28(20)22(19-34(25)16-7-15-32)18-26-30(33-27-12-4-5-17-35(26)27)24-14-13-21-9-2-3-10-23(21)29(24)31(36)37/h2-6,8-14,17,19H,7,15-16,18H2,1H3,(H,36,37). The minimum absolute atomic E-state index is 0.254. The van der Waals surface area contributed by atoms with Gasteiger partial charge in [0.25, 0.3) is 0 Å². The molecule has 0 aliphatic heterocycles. The lowest BCUT2D eigenvalue weighted by molar-refractivity contribution is 0.0700. The summed E-state index contributed by atoms with van der Waals surface area (Å²) in [6.07, 6.45) is 5.09. The van der Waals surface area contributed by atoms with E-state index in [1.165, 1.54) is 0 Å². The molecular weight excluding hydrogens is 465 g/mol. The number of nitrogens with zero attached hydrogens (tertiary/aromatic N) is 3. The van der Waals surface area contributed by atoms with E-state index in [0.717, 1.165) is 38.8 Å². The lowest BCUT2D eigenvalue weighted by Gasteiger charge is -2.11. The number of carbonyl (C=O) groups is 1. The van der Waals surface area contributed by atoms with Gasteiger partial charge in [-0.3, -0.25) is 4.39 Å². The first-order chi connectivity index (χ1) is 18.1. The molecule has 184 valence electrons. The van der Waals surface area contributed by atoms with Crippen molar-refractivity contribution >= 4 is 33.3 Å². The number of imidazole rings is 1. The summed E-state index contributed by atoms with van der Waals surface area (Å²) in [6.45, 7) is 2.33. The summed E-state index contributed by atoms with van der Waals surface area (Å²) in [6, 6.07) is 23.4. The van der Waals surface area contributed by atoms with Crippen molar-refractivity contribution in [3.8, 4) is 11.3 Å². The summed E-state index contributed by atoms with van der Waals surface area (Å²) in [4.78, 5) is 17.5. The van der Waals surface area contributed by atoms with Gasteiger partial charge < -0.3 is 14.1 Å². The topological polar surface area (TPSA) is 59.5 Å². The largest absolute Gasteiger partial charge is 0.478 e. The normalized spacial score (nSPS) is 11.6. The summed E-state index contributed by atoms with van der Waals surface area (Å²) in [5.74, 6) is -0.978. The maximum Gasteiger partial charge on any atom is 0.337 e. The van der Waals surface area contributed by atoms with Crippen LogP contribution in [-0.2, 0) is 13.0 Å². The van der Waals surface area contributed by atoms with Crippen LogP contribution in [-0.4, -0.2) is 31.7 Å². The van der Waals surface area contributed by atoms with E-state index in [1.807, 2.05) is 71.3 Å². The van der Waals surface area contributed by atoms with Gasteiger partial charge in [0.2, 0.25) is 0 Å². The second-order valence-corrected chi connectivity index (χ2v) is 9.39. The van der Waals surface area contributed by atoms with Gasteiger partial charge in [-0.2, -0.15) is 0 Å². The summed E-state index contributed by atoms with van der Waals surface area (Å²) < 4.78 is 17.2. The molecule has 0 atom stereocenters. The predicted molar refractivity (Wildman–Crippen MR) is 145 cm³/mol. The second-order valence-electron chi connectivity index (χ2n) is 9.39. The Labute approximate surface area is 213 Å². The van der Waals surface area contributed by atoms with Crippen LogP contribution in [0.3, 0.4) is 0 Å². The van der Waals surface area contributed by atoms with Crippen molar-refractivity contribution in [3.63, 3.8) is 0 Å². The van der Waals surface area contributed by atoms with Crippen LogP contribution in [0, 0.1) is 6.92 Å². The van der Waals surface area contributed by atoms with Crippen LogP contribution in [0.25, 0.3) is 38.6 Å². The van der Waals surface area contributed by atoms with E-state index >= 15 is 0 Å². The van der Waals surface area contributed by atoms with Crippen LogP contribution in [0.5, 0.6) is 0 Å². The van der Waals surface area contributed by atoms with Crippen LogP contribution in [0.1, 0.15) is 33.6 Å². The molecule has 37 heavy (non-hydrogen) atoms. The van der Waals surface area contributed by atoms with Crippen LogP contribution < -0.4 is 0 Å². The van der Waals surface area contributed by atoms with Gasteiger partial charge in [-0.1, -0.05) is 54.6 Å². The molecule has 3 aromatic carbocycles. The molecule has 0 fully saturated rings. The first-order valence-corrected chi connectivity index (χ1v) is 12.4. The van der Waals surface area contributed by atoms with Gasteiger partial charge in [-0.25, -0.2) is 9.78 Å². The van der Waals surface area contributed by atoms with E-state index in [2.05, 4.69) is 29.8 Å². The summed E-state index contributed by atoms with van der Waals surface area (Å²) in [5, 5.41) is 13.0. The maximum absolute atomic E-state index is 13.0. The Balaban J connectivity index is 1.60. The molecule has 6 heteroatoms. The Morgan fingerprint density at radius 3 is 2.68 bits per heavy atom. The van der Waals surface area contributed by atoms with E-state index in [9.17, 15) is 14.3 Å². The number of aromatic carboxylic acids is 1. The van der Waals surface area contributed by atoms with Crippen molar-refractivity contribution in [2.45, 2.75) is 26.3 Å². The third kappa shape index (κ3) is 3.85. The van der Waals surface area contributed by atoms with Crippen molar-refractivity contribution in [2.24, 2.45) is 0 Å². The third-order valence-corrected chi connectivity index (χ3v) is 7.11. The van der Waals surface area contributed by atoms with Crippen molar-refractivity contribution in [3.05, 3.63) is 108 Å². The van der Waals surface area contributed by atoms with Crippen LogP contribution in [0.15, 0.2) is 85.2 Å². The lowest BCUT2D eigenvalue weighted by Crippen LogP contribution is -2.03. The lowest BCUT2D eigenvalue weighted by atomic mass is 9.94. The van der Waals surface area contributed by atoms with E-state index in [-0.39, 0.29) is 12.2 Å². The van der Waals surface area contributed by atoms with Crippen molar-refractivity contribution in [2.75, 3.05) is 6.67 Å². The van der Waals surface area contributed by atoms with Crippen LogP contribution >= 0.6 is 0 Å². The predicted octanol–water partition coefficient (Wildman–Crippen LogP) is 7.07. The Bertz CT molecular complexity index is 1800. The number of alkyl halides is 1. The quantitative estimate of drug-likeness (QED) is 0.260. The van der Waals surface area contributed by atoms with Crippen LogP contribution in [0.4, 0.5) is 4.39 Å². The third-order valence-electron chi connectivity index (χ3n) is 7.11. The molecule has 1 N–H and O–H groups in total.